The zero-order valence-electron chi connectivity index (χ0n) is 16.3. The third-order valence-corrected chi connectivity index (χ3v) is 9.31. The van der Waals surface area contributed by atoms with Crippen LogP contribution in [0.25, 0.3) is 0 Å². The molecule has 0 radical (unpaired) electrons. The Bertz CT molecular complexity index is 605. The van der Waals surface area contributed by atoms with Crippen LogP contribution in [0.1, 0.15) is 70.6 Å². The predicted molar refractivity (Wildman–Crippen MR) is 100 cm³/mol. The summed E-state index contributed by atoms with van der Waals surface area (Å²) in [5.41, 5.74) is 0. The van der Waals surface area contributed by atoms with Crippen LogP contribution < -0.4 is 0 Å². The Morgan fingerprint density at radius 2 is 1.30 bits per heavy atom. The molecular formula is C23H34O4. The molecule has 6 aliphatic rings. The molecule has 0 aromatic heterocycles. The molecule has 5 aliphatic carbocycles. The Labute approximate surface area is 162 Å². The first-order valence-electron chi connectivity index (χ1n) is 11.7. The lowest BCUT2D eigenvalue weighted by Crippen LogP contribution is -2.58. The van der Waals surface area contributed by atoms with Gasteiger partial charge < -0.3 is 14.6 Å². The number of aliphatic hydroxyl groups excluding tert-OH is 1. The van der Waals surface area contributed by atoms with Gasteiger partial charge in [0.25, 0.3) is 0 Å². The minimum atomic E-state index is -0.325. The highest BCUT2D eigenvalue weighted by Gasteiger charge is 2.60. The molecule has 0 aromatic rings. The van der Waals surface area contributed by atoms with Crippen LogP contribution in [0, 0.1) is 35.5 Å². The van der Waals surface area contributed by atoms with Gasteiger partial charge in [0.2, 0.25) is 0 Å². The number of carbonyl (C=O) groups is 1. The molecule has 0 aromatic carbocycles. The molecule has 11 unspecified atom stereocenters. The number of Topliss-reactive ketones (excluding diaryl/α,β-unsaturated/α-hetero) is 1. The van der Waals surface area contributed by atoms with Gasteiger partial charge in [-0.3, -0.25) is 4.79 Å². The van der Waals surface area contributed by atoms with E-state index in [0.29, 0.717) is 41.8 Å². The van der Waals surface area contributed by atoms with E-state index in [1.54, 1.807) is 0 Å². The van der Waals surface area contributed by atoms with Crippen LogP contribution in [0.4, 0.5) is 0 Å². The first-order valence-corrected chi connectivity index (χ1v) is 11.7. The third kappa shape index (κ3) is 2.62. The lowest BCUT2D eigenvalue weighted by Gasteiger charge is -2.54. The number of fused-ring (bicyclic) bond motifs is 7. The van der Waals surface area contributed by atoms with Crippen LogP contribution in [0.2, 0.25) is 0 Å². The summed E-state index contributed by atoms with van der Waals surface area (Å²) in [4.78, 5) is 13.1. The molecule has 1 aliphatic heterocycles. The number of hydrogen-bond acceptors (Lipinski definition) is 4. The highest BCUT2D eigenvalue weighted by atomic mass is 16.6. The fourth-order valence-electron chi connectivity index (χ4n) is 8.24. The first-order chi connectivity index (χ1) is 13.2. The summed E-state index contributed by atoms with van der Waals surface area (Å²) in [5, 5.41) is 11.0. The Balaban J connectivity index is 1.27. The quantitative estimate of drug-likeness (QED) is 0.705. The van der Waals surface area contributed by atoms with Crippen LogP contribution in [0.5, 0.6) is 0 Å². The summed E-state index contributed by atoms with van der Waals surface area (Å²) in [5.74, 6) is 2.77. The summed E-state index contributed by atoms with van der Waals surface area (Å²) >= 11 is 0. The van der Waals surface area contributed by atoms with E-state index < -0.39 is 0 Å². The van der Waals surface area contributed by atoms with Crippen LogP contribution in [-0.4, -0.2) is 41.4 Å². The topological polar surface area (TPSA) is 55.8 Å². The number of ether oxygens (including phenoxy) is 2. The minimum absolute atomic E-state index is 0.123. The molecule has 0 spiro atoms. The number of aliphatic hydroxyl groups is 1. The monoisotopic (exact) mass is 374 g/mol. The number of ketones is 1. The molecule has 1 saturated heterocycles. The first kappa shape index (κ1) is 17.4. The second-order valence-electron chi connectivity index (χ2n) is 10.5. The molecule has 5 saturated carbocycles. The van der Waals surface area contributed by atoms with E-state index in [4.69, 9.17) is 9.47 Å². The Kier molecular flexibility index (Phi) is 4.21. The molecule has 11 atom stereocenters. The minimum Gasteiger partial charge on any atom is -0.393 e. The van der Waals surface area contributed by atoms with Gasteiger partial charge in [0, 0.05) is 11.8 Å². The maximum absolute atomic E-state index is 13.1. The standard InChI is InChI=1S/C23H34O4/c24-17-9-16-22(12-5-1-2-6-13(12)23(16)25)15-11-21-20(10-14(15)17)26-18-7-3-4-8-19(18)27-21/h12-22,24H,1-11H2. The van der Waals surface area contributed by atoms with Crippen molar-refractivity contribution in [1.82, 2.24) is 0 Å². The molecule has 0 amide bonds. The summed E-state index contributed by atoms with van der Waals surface area (Å²) in [6.45, 7) is 0. The SMILES string of the molecule is O=C1C2CCCCC2C2C1CC(O)C1CC3OC4CCCCC4OC3CC12. The van der Waals surface area contributed by atoms with Gasteiger partial charge in [-0.15, -0.1) is 0 Å². The van der Waals surface area contributed by atoms with E-state index >= 15 is 0 Å². The Hall–Kier alpha value is -0.450. The van der Waals surface area contributed by atoms with Crippen molar-refractivity contribution in [3.05, 3.63) is 0 Å². The van der Waals surface area contributed by atoms with Crippen LogP contribution in [0.15, 0.2) is 0 Å². The Morgan fingerprint density at radius 1 is 0.667 bits per heavy atom. The van der Waals surface area contributed by atoms with Crippen LogP contribution in [-0.2, 0) is 14.3 Å². The van der Waals surface area contributed by atoms with Crippen molar-refractivity contribution in [1.29, 1.82) is 0 Å². The summed E-state index contributed by atoms with van der Waals surface area (Å²) in [6, 6.07) is 0. The van der Waals surface area contributed by atoms with Crippen molar-refractivity contribution in [2.45, 2.75) is 101 Å². The zero-order valence-corrected chi connectivity index (χ0v) is 16.3. The maximum atomic E-state index is 13.1. The lowest BCUT2D eigenvalue weighted by atomic mass is 9.57. The average Bonchev–Trinajstić information content (AvgIpc) is 2.98. The predicted octanol–water partition coefficient (Wildman–Crippen LogP) is 3.49. The van der Waals surface area contributed by atoms with Gasteiger partial charge in [0.05, 0.1) is 30.5 Å². The number of carbonyl (C=O) groups excluding carboxylic acids is 1. The highest BCUT2D eigenvalue weighted by molar-refractivity contribution is 5.86. The van der Waals surface area contributed by atoms with Crippen molar-refractivity contribution >= 4 is 5.78 Å². The molecule has 1 heterocycles. The lowest BCUT2D eigenvalue weighted by molar-refractivity contribution is -0.261. The van der Waals surface area contributed by atoms with E-state index in [9.17, 15) is 9.90 Å². The van der Waals surface area contributed by atoms with Gasteiger partial charge in [-0.25, -0.2) is 0 Å². The van der Waals surface area contributed by atoms with Gasteiger partial charge in [-0.1, -0.05) is 25.7 Å². The van der Waals surface area contributed by atoms with Gasteiger partial charge in [0.15, 0.2) is 0 Å². The summed E-state index contributed by atoms with van der Waals surface area (Å²) < 4.78 is 13.1. The summed E-state index contributed by atoms with van der Waals surface area (Å²) in [6.07, 6.45) is 12.9. The molecular weight excluding hydrogens is 340 g/mol. The zero-order chi connectivity index (χ0) is 18.1. The van der Waals surface area contributed by atoms with Crippen molar-refractivity contribution in [2.24, 2.45) is 35.5 Å². The van der Waals surface area contributed by atoms with Crippen molar-refractivity contribution in [3.63, 3.8) is 0 Å². The normalized spacial score (nSPS) is 57.1. The van der Waals surface area contributed by atoms with Crippen molar-refractivity contribution in [2.75, 3.05) is 0 Å². The van der Waals surface area contributed by atoms with Gasteiger partial charge in [-0.05, 0) is 68.6 Å². The molecule has 4 nitrogen and oxygen atoms in total. The van der Waals surface area contributed by atoms with Gasteiger partial charge in [-0.2, -0.15) is 0 Å². The second kappa shape index (κ2) is 6.53. The van der Waals surface area contributed by atoms with Crippen LogP contribution >= 0.6 is 0 Å². The molecule has 1 N–H and O–H groups in total. The average molecular weight is 375 g/mol. The molecule has 27 heavy (non-hydrogen) atoms. The molecule has 0 bridgehead atoms. The maximum Gasteiger partial charge on any atom is 0.139 e. The number of rotatable bonds is 0. The molecule has 150 valence electrons. The summed E-state index contributed by atoms with van der Waals surface area (Å²) in [7, 11) is 0. The van der Waals surface area contributed by atoms with Gasteiger partial charge >= 0.3 is 0 Å². The van der Waals surface area contributed by atoms with E-state index in [0.717, 1.165) is 32.1 Å². The molecule has 6 fully saturated rings. The Morgan fingerprint density at radius 3 is 2.04 bits per heavy atom. The third-order valence-electron chi connectivity index (χ3n) is 9.31. The van der Waals surface area contributed by atoms with E-state index in [-0.39, 0.29) is 36.4 Å². The van der Waals surface area contributed by atoms with Crippen LogP contribution in [0.3, 0.4) is 0 Å². The largest absolute Gasteiger partial charge is 0.393 e. The number of hydrogen-bond donors (Lipinski definition) is 1. The second-order valence-corrected chi connectivity index (χ2v) is 10.5. The van der Waals surface area contributed by atoms with E-state index in [2.05, 4.69) is 0 Å². The fourth-order valence-corrected chi connectivity index (χ4v) is 8.24. The van der Waals surface area contributed by atoms with E-state index in [1.807, 2.05) is 0 Å². The molecule has 4 heteroatoms. The van der Waals surface area contributed by atoms with Gasteiger partial charge in [0.1, 0.15) is 5.78 Å². The highest BCUT2D eigenvalue weighted by Crippen LogP contribution is 2.59. The van der Waals surface area contributed by atoms with E-state index in [1.165, 1.54) is 32.1 Å². The smallest absolute Gasteiger partial charge is 0.139 e. The van der Waals surface area contributed by atoms with Crippen molar-refractivity contribution in [3.8, 4) is 0 Å². The fraction of sp³-hybridized carbons (Fsp3) is 0.957. The molecule has 6 rings (SSSR count). The van der Waals surface area contributed by atoms with Crippen molar-refractivity contribution < 1.29 is 19.4 Å².